The lowest BCUT2D eigenvalue weighted by molar-refractivity contribution is -0.158. The van der Waals surface area contributed by atoms with E-state index in [9.17, 15) is 9.59 Å². The third kappa shape index (κ3) is 9.59. The van der Waals surface area contributed by atoms with Gasteiger partial charge in [-0.1, -0.05) is 53.4 Å². The van der Waals surface area contributed by atoms with Crippen molar-refractivity contribution in [3.05, 3.63) is 0 Å². The Bertz CT molecular complexity index is 408. The minimum absolute atomic E-state index is 0.0183. The zero-order valence-electron chi connectivity index (χ0n) is 17.3. The number of ether oxygens (including phenoxy) is 1. The van der Waals surface area contributed by atoms with E-state index < -0.39 is 5.97 Å². The highest BCUT2D eigenvalue weighted by Crippen LogP contribution is 2.30. The molecule has 4 nitrogen and oxygen atoms in total. The van der Waals surface area contributed by atoms with Gasteiger partial charge in [0.25, 0.3) is 0 Å². The van der Waals surface area contributed by atoms with Gasteiger partial charge in [-0.2, -0.15) is 0 Å². The van der Waals surface area contributed by atoms with Crippen molar-refractivity contribution in [2.24, 2.45) is 23.7 Å². The molecule has 1 saturated carbocycles. The molecule has 0 heterocycles. The predicted molar refractivity (Wildman–Crippen MR) is 105 cm³/mol. The number of carboxylic acid groups (broad SMARTS) is 1. The minimum atomic E-state index is -0.730. The molecule has 0 amide bonds. The second-order valence-electron chi connectivity index (χ2n) is 8.96. The van der Waals surface area contributed by atoms with Crippen molar-refractivity contribution >= 4 is 11.9 Å². The van der Waals surface area contributed by atoms with Gasteiger partial charge < -0.3 is 9.84 Å². The molecule has 26 heavy (non-hydrogen) atoms. The first-order valence-corrected chi connectivity index (χ1v) is 10.7. The molecule has 1 atom stereocenters. The first-order valence-electron chi connectivity index (χ1n) is 10.7. The van der Waals surface area contributed by atoms with Gasteiger partial charge in [0, 0.05) is 0 Å². The molecule has 1 aliphatic carbocycles. The lowest BCUT2D eigenvalue weighted by atomic mass is 9.82. The SMILES string of the molecule is CC(C)CCCCCCC(CC(C)C)OC(=O)C1CCC(C(=O)O)CC1. The first-order chi connectivity index (χ1) is 12.3. The van der Waals surface area contributed by atoms with Crippen LogP contribution in [0.1, 0.15) is 98.3 Å². The number of aliphatic carboxylic acids is 1. The van der Waals surface area contributed by atoms with Crippen LogP contribution >= 0.6 is 0 Å². The molecule has 1 unspecified atom stereocenters. The molecule has 152 valence electrons. The van der Waals surface area contributed by atoms with Gasteiger partial charge >= 0.3 is 11.9 Å². The van der Waals surface area contributed by atoms with Crippen LogP contribution in [0.5, 0.6) is 0 Å². The van der Waals surface area contributed by atoms with E-state index in [4.69, 9.17) is 9.84 Å². The van der Waals surface area contributed by atoms with Crippen molar-refractivity contribution in [1.82, 2.24) is 0 Å². The van der Waals surface area contributed by atoms with Crippen LogP contribution in [-0.4, -0.2) is 23.1 Å². The first kappa shape index (κ1) is 23.0. The molecule has 0 aromatic carbocycles. The summed E-state index contributed by atoms with van der Waals surface area (Å²) in [6.45, 7) is 8.87. The molecule has 1 N–H and O–H groups in total. The van der Waals surface area contributed by atoms with Crippen LogP contribution in [0.4, 0.5) is 0 Å². The van der Waals surface area contributed by atoms with E-state index in [2.05, 4.69) is 27.7 Å². The summed E-state index contributed by atoms with van der Waals surface area (Å²) in [5.74, 6) is 0.0752. The summed E-state index contributed by atoms with van der Waals surface area (Å²) in [5.41, 5.74) is 0. The van der Waals surface area contributed by atoms with Crippen LogP contribution < -0.4 is 0 Å². The number of carbonyl (C=O) groups excluding carboxylic acids is 1. The highest BCUT2D eigenvalue weighted by Gasteiger charge is 2.31. The van der Waals surface area contributed by atoms with Crippen molar-refractivity contribution in [1.29, 1.82) is 0 Å². The molecule has 1 rings (SSSR count). The molecule has 0 aliphatic heterocycles. The molecule has 0 aromatic heterocycles. The summed E-state index contributed by atoms with van der Waals surface area (Å²) in [5, 5.41) is 9.08. The standard InChI is InChI=1S/C22H40O4/c1-16(2)9-7-5-6-8-10-20(15-17(3)4)26-22(25)19-13-11-18(12-14-19)21(23)24/h16-20H,5-15H2,1-4H3,(H,23,24). The predicted octanol–water partition coefficient (Wildman–Crippen LogP) is 5.83. The van der Waals surface area contributed by atoms with Crippen molar-refractivity contribution in [3.8, 4) is 0 Å². The van der Waals surface area contributed by atoms with Crippen molar-refractivity contribution in [2.45, 2.75) is 104 Å². The van der Waals surface area contributed by atoms with Crippen molar-refractivity contribution < 1.29 is 19.4 Å². The molecule has 0 saturated heterocycles. The summed E-state index contributed by atoms with van der Waals surface area (Å²) in [4.78, 5) is 23.6. The van der Waals surface area contributed by atoms with E-state index >= 15 is 0 Å². The van der Waals surface area contributed by atoms with Gasteiger partial charge in [0.15, 0.2) is 0 Å². The molecular weight excluding hydrogens is 328 g/mol. The van der Waals surface area contributed by atoms with Crippen LogP contribution in [0.15, 0.2) is 0 Å². The second kappa shape index (κ2) is 12.3. The van der Waals surface area contributed by atoms with Crippen LogP contribution in [-0.2, 0) is 14.3 Å². The van der Waals surface area contributed by atoms with E-state index in [0.29, 0.717) is 31.6 Å². The molecule has 1 fully saturated rings. The second-order valence-corrected chi connectivity index (χ2v) is 8.96. The van der Waals surface area contributed by atoms with Gasteiger partial charge in [-0.3, -0.25) is 9.59 Å². The number of unbranched alkanes of at least 4 members (excludes halogenated alkanes) is 3. The zero-order chi connectivity index (χ0) is 19.5. The molecule has 1 aliphatic rings. The maximum Gasteiger partial charge on any atom is 0.309 e. The fourth-order valence-electron chi connectivity index (χ4n) is 3.87. The van der Waals surface area contributed by atoms with Crippen molar-refractivity contribution in [2.75, 3.05) is 0 Å². The van der Waals surface area contributed by atoms with Crippen LogP contribution in [0, 0.1) is 23.7 Å². The highest BCUT2D eigenvalue weighted by atomic mass is 16.5. The Labute approximate surface area is 160 Å². The van der Waals surface area contributed by atoms with Gasteiger partial charge in [0.05, 0.1) is 11.8 Å². The fraction of sp³-hybridized carbons (Fsp3) is 0.909. The lowest BCUT2D eigenvalue weighted by Crippen LogP contribution is -2.30. The fourth-order valence-corrected chi connectivity index (χ4v) is 3.87. The molecule has 0 bridgehead atoms. The number of carboxylic acids is 1. The molecule has 0 radical (unpaired) electrons. The lowest BCUT2D eigenvalue weighted by Gasteiger charge is -2.27. The van der Waals surface area contributed by atoms with Gasteiger partial charge in [-0.25, -0.2) is 0 Å². The average molecular weight is 369 g/mol. The number of hydrogen-bond acceptors (Lipinski definition) is 3. The third-order valence-corrected chi connectivity index (χ3v) is 5.48. The monoisotopic (exact) mass is 368 g/mol. The largest absolute Gasteiger partial charge is 0.481 e. The Hall–Kier alpha value is -1.06. The van der Waals surface area contributed by atoms with Crippen LogP contribution in [0.2, 0.25) is 0 Å². The third-order valence-electron chi connectivity index (χ3n) is 5.48. The Kier molecular flexibility index (Phi) is 10.9. The smallest absolute Gasteiger partial charge is 0.309 e. The molecule has 0 aromatic rings. The Morgan fingerprint density at radius 3 is 1.88 bits per heavy atom. The summed E-state index contributed by atoms with van der Waals surface area (Å²) >= 11 is 0. The highest BCUT2D eigenvalue weighted by molar-refractivity contribution is 5.74. The maximum absolute atomic E-state index is 12.5. The number of esters is 1. The normalized spacial score (nSPS) is 21.8. The van der Waals surface area contributed by atoms with Crippen LogP contribution in [0.25, 0.3) is 0 Å². The minimum Gasteiger partial charge on any atom is -0.481 e. The topological polar surface area (TPSA) is 63.6 Å². The average Bonchev–Trinajstić information content (AvgIpc) is 2.57. The number of hydrogen-bond donors (Lipinski definition) is 1. The van der Waals surface area contributed by atoms with E-state index in [0.717, 1.165) is 25.2 Å². The van der Waals surface area contributed by atoms with E-state index in [1.807, 2.05) is 0 Å². The van der Waals surface area contributed by atoms with Gasteiger partial charge in [0.2, 0.25) is 0 Å². The summed E-state index contributed by atoms with van der Waals surface area (Å²) in [6.07, 6.45) is 10.6. The zero-order valence-corrected chi connectivity index (χ0v) is 17.3. The maximum atomic E-state index is 12.5. The quantitative estimate of drug-likeness (QED) is 0.347. The number of rotatable bonds is 12. The van der Waals surface area contributed by atoms with Crippen LogP contribution in [0.3, 0.4) is 0 Å². The Morgan fingerprint density at radius 1 is 0.846 bits per heavy atom. The Balaban J connectivity index is 2.34. The van der Waals surface area contributed by atoms with Gasteiger partial charge in [-0.15, -0.1) is 0 Å². The molecule has 0 spiro atoms. The summed E-state index contributed by atoms with van der Waals surface area (Å²) in [6, 6.07) is 0. The van der Waals surface area contributed by atoms with E-state index in [-0.39, 0.29) is 23.9 Å². The molecule has 4 heteroatoms. The molecular formula is C22H40O4. The Morgan fingerprint density at radius 2 is 1.38 bits per heavy atom. The van der Waals surface area contributed by atoms with Crippen molar-refractivity contribution in [3.63, 3.8) is 0 Å². The summed E-state index contributed by atoms with van der Waals surface area (Å²) in [7, 11) is 0. The van der Waals surface area contributed by atoms with E-state index in [1.165, 1.54) is 25.7 Å². The summed E-state index contributed by atoms with van der Waals surface area (Å²) < 4.78 is 5.85. The number of carbonyl (C=O) groups is 2. The van der Waals surface area contributed by atoms with Gasteiger partial charge in [0.1, 0.15) is 6.10 Å². The van der Waals surface area contributed by atoms with E-state index in [1.54, 1.807) is 0 Å². The van der Waals surface area contributed by atoms with Gasteiger partial charge in [-0.05, 0) is 56.8 Å².